The third kappa shape index (κ3) is 4.17. The van der Waals surface area contributed by atoms with Crippen molar-refractivity contribution in [1.82, 2.24) is 0 Å². The minimum absolute atomic E-state index is 0.732. The van der Waals surface area contributed by atoms with Crippen LogP contribution in [0.4, 0.5) is 0 Å². The second-order valence-electron chi connectivity index (χ2n) is 7.91. The summed E-state index contributed by atoms with van der Waals surface area (Å²) < 4.78 is 0. The maximum absolute atomic E-state index is 8.92. The molecular weight excluding hydrogens is 278 g/mol. The fourth-order valence-electron chi connectivity index (χ4n) is 5.11. The van der Waals surface area contributed by atoms with Gasteiger partial charge in [-0.1, -0.05) is 44.7 Å². The van der Waals surface area contributed by atoms with E-state index in [1.54, 1.807) is 0 Å². The Morgan fingerprint density at radius 3 is 1.96 bits per heavy atom. The van der Waals surface area contributed by atoms with Crippen LogP contribution >= 0.6 is 0 Å². The Balaban J connectivity index is 1.48. The average molecular weight is 309 g/mol. The highest BCUT2D eigenvalue weighted by Gasteiger charge is 2.30. The van der Waals surface area contributed by atoms with Crippen molar-refractivity contribution in [2.24, 2.45) is 17.8 Å². The molecule has 0 radical (unpaired) electrons. The van der Waals surface area contributed by atoms with Crippen LogP contribution in [0.5, 0.6) is 0 Å². The number of hydrogen-bond donors (Lipinski definition) is 0. The first-order valence-corrected chi connectivity index (χ1v) is 9.80. The minimum Gasteiger partial charge on any atom is -0.192 e. The summed E-state index contributed by atoms with van der Waals surface area (Å²) in [7, 11) is 0. The van der Waals surface area contributed by atoms with E-state index in [-0.39, 0.29) is 0 Å². The lowest BCUT2D eigenvalue weighted by atomic mass is 9.68. The second kappa shape index (κ2) is 8.00. The zero-order valence-corrected chi connectivity index (χ0v) is 14.6. The number of nitrogens with zero attached hydrogens (tertiary/aromatic N) is 1. The fourth-order valence-corrected chi connectivity index (χ4v) is 5.11. The molecule has 0 amide bonds. The van der Waals surface area contributed by atoms with Gasteiger partial charge in [-0.15, -0.1) is 0 Å². The SMILES string of the molecule is CCC[C@H]1CC[C@H]([C@H]2CC[C@H](c3ccc(C#N)cc3)CC2)CC1. The molecule has 0 aromatic heterocycles. The van der Waals surface area contributed by atoms with Gasteiger partial charge in [0.05, 0.1) is 11.6 Å². The van der Waals surface area contributed by atoms with Crippen molar-refractivity contribution in [3.8, 4) is 6.07 Å². The number of benzene rings is 1. The zero-order valence-electron chi connectivity index (χ0n) is 14.6. The Hall–Kier alpha value is -1.29. The Morgan fingerprint density at radius 1 is 0.870 bits per heavy atom. The summed E-state index contributed by atoms with van der Waals surface area (Å²) in [4.78, 5) is 0. The molecule has 0 N–H and O–H groups in total. The highest BCUT2D eigenvalue weighted by Crippen LogP contribution is 2.44. The van der Waals surface area contributed by atoms with Crippen LogP contribution in [0.15, 0.2) is 24.3 Å². The predicted molar refractivity (Wildman–Crippen MR) is 96.2 cm³/mol. The Bertz CT molecular complexity index is 508. The van der Waals surface area contributed by atoms with E-state index in [2.05, 4.69) is 25.1 Å². The molecule has 2 saturated carbocycles. The molecule has 1 aromatic rings. The van der Waals surface area contributed by atoms with Crippen LogP contribution in [0.25, 0.3) is 0 Å². The lowest BCUT2D eigenvalue weighted by Gasteiger charge is -2.38. The first-order valence-electron chi connectivity index (χ1n) is 9.80. The molecule has 0 spiro atoms. The molecule has 2 aliphatic rings. The second-order valence-corrected chi connectivity index (χ2v) is 7.91. The Kier molecular flexibility index (Phi) is 5.76. The quantitative estimate of drug-likeness (QED) is 0.628. The molecule has 1 heteroatoms. The first-order chi connectivity index (χ1) is 11.3. The lowest BCUT2D eigenvalue weighted by Crippen LogP contribution is -2.25. The van der Waals surface area contributed by atoms with Crippen LogP contribution in [0.1, 0.15) is 88.2 Å². The minimum atomic E-state index is 0.732. The molecule has 1 nitrogen and oxygen atoms in total. The fraction of sp³-hybridized carbons (Fsp3) is 0.682. The number of hydrogen-bond acceptors (Lipinski definition) is 1. The molecule has 0 atom stereocenters. The smallest absolute Gasteiger partial charge is 0.0991 e. The van der Waals surface area contributed by atoms with Gasteiger partial charge in [0.15, 0.2) is 0 Å². The van der Waals surface area contributed by atoms with Crippen LogP contribution in [-0.4, -0.2) is 0 Å². The van der Waals surface area contributed by atoms with E-state index in [1.807, 2.05) is 12.1 Å². The molecule has 1 aromatic carbocycles. The van der Waals surface area contributed by atoms with E-state index in [0.717, 1.165) is 29.2 Å². The first kappa shape index (κ1) is 16.6. The van der Waals surface area contributed by atoms with Gasteiger partial charge in [0.1, 0.15) is 0 Å². The highest BCUT2D eigenvalue weighted by atomic mass is 14.4. The standard InChI is InChI=1S/C22H31N/c1-2-3-17-4-8-19(9-5-17)21-12-14-22(15-13-21)20-10-6-18(16-23)7-11-20/h6-7,10-11,17,19,21-22H,2-5,8-9,12-15H2,1H3/t17-,19-,21-,22-. The van der Waals surface area contributed by atoms with Crippen molar-refractivity contribution in [3.05, 3.63) is 35.4 Å². The van der Waals surface area contributed by atoms with Crippen molar-refractivity contribution >= 4 is 0 Å². The van der Waals surface area contributed by atoms with Gasteiger partial charge in [-0.2, -0.15) is 5.26 Å². The van der Waals surface area contributed by atoms with E-state index >= 15 is 0 Å². The molecule has 2 aliphatic carbocycles. The van der Waals surface area contributed by atoms with Gasteiger partial charge in [-0.05, 0) is 79.9 Å². The summed E-state index contributed by atoms with van der Waals surface area (Å²) in [6.45, 7) is 2.33. The van der Waals surface area contributed by atoms with Gasteiger partial charge in [-0.3, -0.25) is 0 Å². The largest absolute Gasteiger partial charge is 0.192 e. The van der Waals surface area contributed by atoms with Gasteiger partial charge in [0.2, 0.25) is 0 Å². The molecule has 0 bridgehead atoms. The van der Waals surface area contributed by atoms with E-state index < -0.39 is 0 Å². The zero-order chi connectivity index (χ0) is 16.1. The third-order valence-corrected chi connectivity index (χ3v) is 6.54. The molecule has 3 rings (SSSR count). The van der Waals surface area contributed by atoms with Crippen LogP contribution in [-0.2, 0) is 0 Å². The third-order valence-electron chi connectivity index (χ3n) is 6.54. The highest BCUT2D eigenvalue weighted by molar-refractivity contribution is 5.33. The number of rotatable bonds is 4. The summed E-state index contributed by atoms with van der Waals surface area (Å²) in [5, 5.41) is 8.92. The Labute approximate surface area is 142 Å². The molecular formula is C22H31N. The molecule has 0 saturated heterocycles. The maximum atomic E-state index is 8.92. The molecule has 124 valence electrons. The van der Waals surface area contributed by atoms with Crippen LogP contribution in [0.2, 0.25) is 0 Å². The molecule has 0 aliphatic heterocycles. The van der Waals surface area contributed by atoms with E-state index in [0.29, 0.717) is 0 Å². The summed E-state index contributed by atoms with van der Waals surface area (Å²) in [6.07, 6.45) is 14.4. The molecule has 0 heterocycles. The number of nitriles is 1. The van der Waals surface area contributed by atoms with Gasteiger partial charge in [0, 0.05) is 0 Å². The molecule has 0 unspecified atom stereocenters. The van der Waals surface area contributed by atoms with Crippen molar-refractivity contribution in [2.45, 2.75) is 77.0 Å². The topological polar surface area (TPSA) is 23.8 Å². The van der Waals surface area contributed by atoms with Gasteiger partial charge in [-0.25, -0.2) is 0 Å². The maximum Gasteiger partial charge on any atom is 0.0991 e. The van der Waals surface area contributed by atoms with Gasteiger partial charge in [0.25, 0.3) is 0 Å². The van der Waals surface area contributed by atoms with Gasteiger partial charge >= 0.3 is 0 Å². The normalized spacial score (nSPS) is 31.5. The molecule has 2 fully saturated rings. The van der Waals surface area contributed by atoms with Crippen molar-refractivity contribution in [3.63, 3.8) is 0 Å². The van der Waals surface area contributed by atoms with Crippen molar-refractivity contribution in [2.75, 3.05) is 0 Å². The Morgan fingerprint density at radius 2 is 1.43 bits per heavy atom. The van der Waals surface area contributed by atoms with Crippen LogP contribution in [0, 0.1) is 29.1 Å². The van der Waals surface area contributed by atoms with E-state index in [9.17, 15) is 0 Å². The summed E-state index contributed by atoms with van der Waals surface area (Å²) in [5.74, 6) is 3.78. The van der Waals surface area contributed by atoms with E-state index in [4.69, 9.17) is 5.26 Å². The van der Waals surface area contributed by atoms with Crippen molar-refractivity contribution in [1.29, 1.82) is 5.26 Å². The summed E-state index contributed by atoms with van der Waals surface area (Å²) in [5.41, 5.74) is 2.24. The van der Waals surface area contributed by atoms with Crippen molar-refractivity contribution < 1.29 is 0 Å². The molecule has 23 heavy (non-hydrogen) atoms. The summed E-state index contributed by atoms with van der Waals surface area (Å²) in [6, 6.07) is 10.5. The average Bonchev–Trinajstić information content (AvgIpc) is 2.63. The van der Waals surface area contributed by atoms with Gasteiger partial charge < -0.3 is 0 Å². The monoisotopic (exact) mass is 309 g/mol. The predicted octanol–water partition coefficient (Wildman–Crippen LogP) is 6.44. The summed E-state index contributed by atoms with van der Waals surface area (Å²) >= 11 is 0. The lowest BCUT2D eigenvalue weighted by molar-refractivity contribution is 0.156. The van der Waals surface area contributed by atoms with Crippen LogP contribution < -0.4 is 0 Å². The van der Waals surface area contributed by atoms with E-state index in [1.165, 1.54) is 69.8 Å². The van der Waals surface area contributed by atoms with Crippen LogP contribution in [0.3, 0.4) is 0 Å².